The highest BCUT2D eigenvalue weighted by Gasteiger charge is 2.27. The zero-order valence-electron chi connectivity index (χ0n) is 20.2. The van der Waals surface area contributed by atoms with Gasteiger partial charge in [0.25, 0.3) is 11.5 Å². The molecule has 1 aliphatic heterocycles. The molecule has 0 saturated heterocycles. The molecule has 1 aliphatic rings. The Bertz CT molecular complexity index is 1180. The average Bonchev–Trinajstić information content (AvgIpc) is 3.44. The van der Waals surface area contributed by atoms with E-state index in [-0.39, 0.29) is 11.5 Å². The molecule has 0 N–H and O–H groups in total. The Morgan fingerprint density at radius 1 is 1.32 bits per heavy atom. The number of hydrogen-bond acceptors (Lipinski definition) is 7. The van der Waals surface area contributed by atoms with Crippen molar-refractivity contribution in [3.05, 3.63) is 67.9 Å². The van der Waals surface area contributed by atoms with E-state index < -0.39 is 0 Å². The van der Waals surface area contributed by atoms with Crippen LogP contribution in [0.4, 0.5) is 0 Å². The molecule has 9 heteroatoms. The van der Waals surface area contributed by atoms with Crippen LogP contribution >= 0.6 is 11.3 Å². The number of aryl methyl sites for hydroxylation is 1. The Balaban J connectivity index is 1.51. The smallest absolute Gasteiger partial charge is 0.259 e. The SMILES string of the molecule is COc1cc(=O)n2c(c1C(=O)N(C)Cc1nccs1)CCN(CCC(C)c1ccc(C)o1)CC2. The van der Waals surface area contributed by atoms with Crippen molar-refractivity contribution >= 4 is 17.2 Å². The van der Waals surface area contributed by atoms with Gasteiger partial charge in [-0.05, 0) is 32.0 Å². The third kappa shape index (κ3) is 5.26. The van der Waals surface area contributed by atoms with Crippen molar-refractivity contribution in [2.75, 3.05) is 33.8 Å². The quantitative estimate of drug-likeness (QED) is 0.487. The maximum absolute atomic E-state index is 13.5. The van der Waals surface area contributed by atoms with Crippen molar-refractivity contribution in [1.82, 2.24) is 19.4 Å². The second-order valence-electron chi connectivity index (χ2n) is 8.84. The number of hydrogen-bond donors (Lipinski definition) is 0. The summed E-state index contributed by atoms with van der Waals surface area (Å²) in [7, 11) is 3.26. The predicted molar refractivity (Wildman–Crippen MR) is 132 cm³/mol. The molecule has 0 aliphatic carbocycles. The molecule has 182 valence electrons. The normalized spacial score (nSPS) is 14.9. The van der Waals surface area contributed by atoms with Crippen LogP contribution in [0, 0.1) is 6.92 Å². The lowest BCUT2D eigenvalue weighted by Crippen LogP contribution is -2.32. The van der Waals surface area contributed by atoms with Gasteiger partial charge < -0.3 is 23.5 Å². The number of rotatable bonds is 8. The molecule has 1 amide bonds. The Morgan fingerprint density at radius 2 is 2.15 bits per heavy atom. The van der Waals surface area contributed by atoms with E-state index in [4.69, 9.17) is 9.15 Å². The third-order valence-corrected chi connectivity index (χ3v) is 7.21. The van der Waals surface area contributed by atoms with E-state index in [2.05, 4.69) is 16.8 Å². The van der Waals surface area contributed by atoms with E-state index in [1.807, 2.05) is 24.4 Å². The van der Waals surface area contributed by atoms with Crippen LogP contribution in [-0.2, 0) is 19.5 Å². The number of aromatic nitrogens is 2. The van der Waals surface area contributed by atoms with Crippen molar-refractivity contribution in [3.8, 4) is 5.75 Å². The first-order chi connectivity index (χ1) is 16.4. The van der Waals surface area contributed by atoms with Crippen LogP contribution in [0.25, 0.3) is 0 Å². The highest BCUT2D eigenvalue weighted by Crippen LogP contribution is 2.26. The predicted octanol–water partition coefficient (Wildman–Crippen LogP) is 3.54. The fourth-order valence-electron chi connectivity index (χ4n) is 4.44. The van der Waals surface area contributed by atoms with Crippen molar-refractivity contribution < 1.29 is 13.9 Å². The number of thiazole rings is 1. The number of furan rings is 1. The van der Waals surface area contributed by atoms with Crippen LogP contribution in [0.1, 0.15) is 51.8 Å². The van der Waals surface area contributed by atoms with E-state index in [1.165, 1.54) is 24.5 Å². The summed E-state index contributed by atoms with van der Waals surface area (Å²) in [5.74, 6) is 2.43. The minimum atomic E-state index is -0.161. The molecule has 0 radical (unpaired) electrons. The number of fused-ring (bicyclic) bond motifs is 1. The molecular weight excluding hydrogens is 452 g/mol. The summed E-state index contributed by atoms with van der Waals surface area (Å²) in [4.78, 5) is 34.6. The van der Waals surface area contributed by atoms with Gasteiger partial charge in [0.15, 0.2) is 0 Å². The van der Waals surface area contributed by atoms with E-state index in [1.54, 1.807) is 22.7 Å². The van der Waals surface area contributed by atoms with Gasteiger partial charge in [-0.15, -0.1) is 11.3 Å². The molecule has 34 heavy (non-hydrogen) atoms. The Kier molecular flexibility index (Phi) is 7.53. The maximum atomic E-state index is 13.5. The number of carbonyl (C=O) groups is 1. The standard InChI is InChI=1S/C25H32N4O4S/c1-17(20-6-5-18(2)33-20)7-10-28-11-8-19-24(21(32-4)15-23(30)29(19)13-12-28)25(31)27(3)16-22-26-9-14-34-22/h5-6,9,14-15,17H,7-8,10-13,16H2,1-4H3. The van der Waals surface area contributed by atoms with E-state index in [0.717, 1.165) is 48.3 Å². The van der Waals surface area contributed by atoms with Crippen LogP contribution in [0.5, 0.6) is 5.75 Å². The van der Waals surface area contributed by atoms with Crippen LogP contribution < -0.4 is 10.3 Å². The Morgan fingerprint density at radius 3 is 2.82 bits per heavy atom. The highest BCUT2D eigenvalue weighted by atomic mass is 32.1. The molecule has 0 spiro atoms. The number of ether oxygens (including phenoxy) is 1. The van der Waals surface area contributed by atoms with E-state index in [0.29, 0.717) is 36.7 Å². The van der Waals surface area contributed by atoms with Gasteiger partial charge in [-0.1, -0.05) is 6.92 Å². The van der Waals surface area contributed by atoms with Gasteiger partial charge in [-0.2, -0.15) is 0 Å². The molecule has 3 aromatic rings. The van der Waals surface area contributed by atoms with E-state index in [9.17, 15) is 9.59 Å². The lowest BCUT2D eigenvalue weighted by Gasteiger charge is -2.22. The molecule has 4 rings (SSSR count). The second-order valence-corrected chi connectivity index (χ2v) is 9.82. The molecular formula is C25H32N4O4S. The maximum Gasteiger partial charge on any atom is 0.259 e. The first-order valence-electron chi connectivity index (χ1n) is 11.6. The molecule has 0 bridgehead atoms. The lowest BCUT2D eigenvalue weighted by molar-refractivity contribution is 0.0779. The largest absolute Gasteiger partial charge is 0.496 e. The average molecular weight is 485 g/mol. The van der Waals surface area contributed by atoms with Gasteiger partial charge >= 0.3 is 0 Å². The number of carbonyl (C=O) groups excluding carboxylic acids is 1. The van der Waals surface area contributed by atoms with Crippen LogP contribution in [0.15, 0.2) is 39.0 Å². The lowest BCUT2D eigenvalue weighted by atomic mass is 10.0. The zero-order chi connectivity index (χ0) is 24.2. The third-order valence-electron chi connectivity index (χ3n) is 6.45. The van der Waals surface area contributed by atoms with Crippen molar-refractivity contribution in [2.24, 2.45) is 0 Å². The number of methoxy groups -OCH3 is 1. The fourth-order valence-corrected chi connectivity index (χ4v) is 5.11. The summed E-state index contributed by atoms with van der Waals surface area (Å²) in [5, 5.41) is 2.76. The minimum Gasteiger partial charge on any atom is -0.496 e. The fraction of sp³-hybridized carbons (Fsp3) is 0.480. The van der Waals surface area contributed by atoms with Crippen LogP contribution in [-0.4, -0.2) is 59.0 Å². The van der Waals surface area contributed by atoms with Crippen molar-refractivity contribution in [3.63, 3.8) is 0 Å². The molecule has 0 saturated carbocycles. The topological polar surface area (TPSA) is 80.8 Å². The summed E-state index contributed by atoms with van der Waals surface area (Å²) >= 11 is 1.51. The van der Waals surface area contributed by atoms with E-state index >= 15 is 0 Å². The summed E-state index contributed by atoms with van der Waals surface area (Å²) in [5.41, 5.74) is 1.09. The minimum absolute atomic E-state index is 0.132. The molecule has 4 heterocycles. The number of pyridine rings is 1. The zero-order valence-corrected chi connectivity index (χ0v) is 21.1. The molecule has 3 aromatic heterocycles. The molecule has 1 unspecified atom stereocenters. The van der Waals surface area contributed by atoms with Crippen molar-refractivity contribution in [1.29, 1.82) is 0 Å². The monoisotopic (exact) mass is 484 g/mol. The van der Waals surface area contributed by atoms with Crippen LogP contribution in [0.3, 0.4) is 0 Å². The van der Waals surface area contributed by atoms with Gasteiger partial charge in [0.1, 0.15) is 27.8 Å². The molecule has 0 fully saturated rings. The summed E-state index contributed by atoms with van der Waals surface area (Å²) in [6, 6.07) is 5.48. The Labute approximate surface area is 203 Å². The van der Waals surface area contributed by atoms with Gasteiger partial charge in [0, 0.05) is 62.4 Å². The summed E-state index contributed by atoms with van der Waals surface area (Å²) < 4.78 is 13.0. The van der Waals surface area contributed by atoms with Gasteiger partial charge in [-0.25, -0.2) is 4.98 Å². The first kappa shape index (κ1) is 24.2. The number of nitrogens with zero attached hydrogens (tertiary/aromatic N) is 4. The molecule has 8 nitrogen and oxygen atoms in total. The van der Waals surface area contributed by atoms with Crippen molar-refractivity contribution in [2.45, 2.75) is 45.7 Å². The molecule has 0 aromatic carbocycles. The second kappa shape index (κ2) is 10.6. The number of amides is 1. The van der Waals surface area contributed by atoms with Gasteiger partial charge in [0.2, 0.25) is 0 Å². The van der Waals surface area contributed by atoms with Gasteiger partial charge in [-0.3, -0.25) is 9.59 Å². The van der Waals surface area contributed by atoms with Gasteiger partial charge in [0.05, 0.1) is 13.7 Å². The van der Waals surface area contributed by atoms with Crippen LogP contribution in [0.2, 0.25) is 0 Å². The first-order valence-corrected chi connectivity index (χ1v) is 12.5. The summed E-state index contributed by atoms with van der Waals surface area (Å²) in [6.07, 6.45) is 3.30. The summed E-state index contributed by atoms with van der Waals surface area (Å²) in [6.45, 7) is 7.51. The highest BCUT2D eigenvalue weighted by molar-refractivity contribution is 7.09. The molecule has 1 atom stereocenters. The Hall–Kier alpha value is -2.91.